The molecule has 0 saturated carbocycles. The number of amides is 4. The molecule has 0 unspecified atom stereocenters. The number of carbonyl (C=O) groups is 5. The van der Waals surface area contributed by atoms with Gasteiger partial charge in [-0.05, 0) is 50.2 Å². The minimum Gasteiger partial charge on any atom is -0.361 e. The first-order chi connectivity index (χ1) is 20.5. The first-order valence-corrected chi connectivity index (χ1v) is 15.7. The minimum atomic E-state index is -0.858. The topological polar surface area (TPSA) is 132 Å². The monoisotopic (exact) mass is 595 g/mol. The molecule has 2 aromatic rings. The summed E-state index contributed by atoms with van der Waals surface area (Å²) in [5, 5.41) is 6.96. The summed E-state index contributed by atoms with van der Waals surface area (Å²) in [5.41, 5.74) is 2.03. The Hall–Kier alpha value is -3.69. The molecule has 10 nitrogen and oxygen atoms in total. The van der Waals surface area contributed by atoms with Crippen LogP contribution in [0.4, 0.5) is 0 Å². The third-order valence-electron chi connectivity index (χ3n) is 8.33. The van der Waals surface area contributed by atoms with Gasteiger partial charge in [-0.15, -0.1) is 0 Å². The summed E-state index contributed by atoms with van der Waals surface area (Å²) in [6.07, 6.45) is 6.59. The lowest BCUT2D eigenvalue weighted by molar-refractivity contribution is -0.141. The second kappa shape index (κ2) is 16.2. The molecule has 1 aromatic carbocycles. The van der Waals surface area contributed by atoms with Gasteiger partial charge in [-0.1, -0.05) is 51.8 Å². The van der Waals surface area contributed by atoms with Gasteiger partial charge in [0.2, 0.25) is 23.6 Å². The zero-order valence-electron chi connectivity index (χ0n) is 26.4. The van der Waals surface area contributed by atoms with Crippen molar-refractivity contribution in [3.63, 3.8) is 0 Å². The van der Waals surface area contributed by atoms with Gasteiger partial charge in [-0.25, -0.2) is 0 Å². The molecule has 3 rings (SSSR count). The highest BCUT2D eigenvalue weighted by atomic mass is 16.2. The second-order valence-electron chi connectivity index (χ2n) is 12.2. The van der Waals surface area contributed by atoms with Crippen molar-refractivity contribution in [3.05, 3.63) is 36.0 Å². The van der Waals surface area contributed by atoms with Gasteiger partial charge in [0.1, 0.15) is 17.9 Å². The predicted molar refractivity (Wildman–Crippen MR) is 167 cm³/mol. The molecular weight excluding hydrogens is 546 g/mol. The van der Waals surface area contributed by atoms with E-state index in [2.05, 4.69) is 15.6 Å². The van der Waals surface area contributed by atoms with Crippen LogP contribution >= 0.6 is 0 Å². The number of nitrogens with one attached hydrogen (secondary N) is 3. The molecular formula is C33H49N5O5. The molecule has 3 atom stereocenters. The van der Waals surface area contributed by atoms with Crippen molar-refractivity contribution >= 4 is 40.3 Å². The first kappa shape index (κ1) is 33.8. The number of carbonyl (C=O) groups excluding carboxylic acids is 5. The maximum atomic E-state index is 14.1. The molecule has 1 aliphatic heterocycles. The fourth-order valence-corrected chi connectivity index (χ4v) is 5.61. The maximum Gasteiger partial charge on any atom is 0.245 e. The van der Waals surface area contributed by atoms with Gasteiger partial charge in [-0.3, -0.25) is 24.0 Å². The average molecular weight is 596 g/mol. The summed E-state index contributed by atoms with van der Waals surface area (Å²) in [4.78, 5) is 71.8. The number of ketones is 1. The van der Waals surface area contributed by atoms with Crippen LogP contribution in [0.25, 0.3) is 10.9 Å². The number of para-hydroxylation sites is 1. The molecule has 0 radical (unpaired) electrons. The van der Waals surface area contributed by atoms with Crippen LogP contribution in [-0.2, 0) is 30.4 Å². The van der Waals surface area contributed by atoms with E-state index < -0.39 is 24.0 Å². The molecule has 3 N–H and O–H groups in total. The summed E-state index contributed by atoms with van der Waals surface area (Å²) in [7, 11) is 1.58. The van der Waals surface area contributed by atoms with Crippen LogP contribution in [-0.4, -0.2) is 82.5 Å². The Morgan fingerprint density at radius 2 is 1.79 bits per heavy atom. The van der Waals surface area contributed by atoms with Crippen LogP contribution in [0.5, 0.6) is 0 Å². The second-order valence-corrected chi connectivity index (χ2v) is 12.2. The van der Waals surface area contributed by atoms with Crippen LogP contribution in [0.3, 0.4) is 0 Å². The van der Waals surface area contributed by atoms with Crippen molar-refractivity contribution in [1.82, 2.24) is 25.4 Å². The van der Waals surface area contributed by atoms with Crippen molar-refractivity contribution in [3.8, 4) is 0 Å². The highest BCUT2D eigenvalue weighted by molar-refractivity contribution is 5.94. The third kappa shape index (κ3) is 9.93. The van der Waals surface area contributed by atoms with E-state index in [0.717, 1.165) is 29.3 Å². The first-order valence-electron chi connectivity index (χ1n) is 15.7. The molecule has 0 bridgehead atoms. The Kier molecular flexibility index (Phi) is 12.8. The predicted octanol–water partition coefficient (Wildman–Crippen LogP) is 3.73. The summed E-state index contributed by atoms with van der Waals surface area (Å²) < 4.78 is 0. The number of H-pyrrole nitrogens is 1. The lowest BCUT2D eigenvalue weighted by atomic mass is 10.00. The number of benzene rings is 1. The Morgan fingerprint density at radius 3 is 2.51 bits per heavy atom. The van der Waals surface area contributed by atoms with E-state index in [1.54, 1.807) is 14.0 Å². The van der Waals surface area contributed by atoms with E-state index in [-0.39, 0.29) is 48.9 Å². The van der Waals surface area contributed by atoms with Crippen molar-refractivity contribution in [2.45, 2.75) is 104 Å². The number of aromatic amines is 1. The average Bonchev–Trinajstić information content (AvgIpc) is 3.39. The fourth-order valence-electron chi connectivity index (χ4n) is 5.61. The molecule has 43 heavy (non-hydrogen) atoms. The van der Waals surface area contributed by atoms with Crippen LogP contribution in [0.15, 0.2) is 30.5 Å². The van der Waals surface area contributed by atoms with Crippen LogP contribution in [0.1, 0.15) is 84.6 Å². The van der Waals surface area contributed by atoms with Crippen molar-refractivity contribution in [2.24, 2.45) is 5.92 Å². The van der Waals surface area contributed by atoms with E-state index in [1.807, 2.05) is 51.2 Å². The van der Waals surface area contributed by atoms with Crippen molar-refractivity contribution < 1.29 is 24.0 Å². The number of nitrogens with zero attached hydrogens (tertiary/aromatic N) is 2. The maximum absolute atomic E-state index is 14.1. The van der Waals surface area contributed by atoms with E-state index in [0.29, 0.717) is 38.5 Å². The third-order valence-corrected chi connectivity index (χ3v) is 8.33. The number of hydrogen-bond acceptors (Lipinski definition) is 5. The van der Waals surface area contributed by atoms with Crippen molar-refractivity contribution in [1.29, 1.82) is 0 Å². The Labute approximate surface area is 255 Å². The number of aromatic nitrogens is 1. The molecule has 4 amide bonds. The fraction of sp³-hybridized carbons (Fsp3) is 0.606. The molecule has 1 aromatic heterocycles. The highest BCUT2D eigenvalue weighted by Gasteiger charge is 2.32. The zero-order valence-corrected chi connectivity index (χ0v) is 26.4. The number of rotatable bonds is 12. The summed E-state index contributed by atoms with van der Waals surface area (Å²) in [5.74, 6) is -0.870. The SMILES string of the molecule is CCC(=O)CCCCC[C@@H]1NC(=O)[C@H](C)N(C)C(=O)C[C@H](CC(C)C)NC(=O)CN(CCc2c[nH]c3ccccc23)C1=O. The van der Waals surface area contributed by atoms with E-state index in [9.17, 15) is 24.0 Å². The Balaban J connectivity index is 1.87. The van der Waals surface area contributed by atoms with E-state index in [1.165, 1.54) is 9.80 Å². The largest absolute Gasteiger partial charge is 0.361 e. The van der Waals surface area contributed by atoms with Gasteiger partial charge in [0, 0.05) is 56.0 Å². The van der Waals surface area contributed by atoms with Crippen LogP contribution in [0, 0.1) is 5.92 Å². The zero-order chi connectivity index (χ0) is 31.5. The molecule has 2 heterocycles. The molecule has 10 heteroatoms. The van der Waals surface area contributed by atoms with Crippen LogP contribution < -0.4 is 10.6 Å². The van der Waals surface area contributed by atoms with Gasteiger partial charge < -0.3 is 25.4 Å². The number of fused-ring (bicyclic) bond motifs is 1. The Morgan fingerprint density at radius 1 is 1.05 bits per heavy atom. The molecule has 0 spiro atoms. The Bertz CT molecular complexity index is 1270. The van der Waals surface area contributed by atoms with E-state index >= 15 is 0 Å². The number of unbranched alkanes of at least 4 members (excludes halogenated alkanes) is 2. The van der Waals surface area contributed by atoms with Gasteiger partial charge in [0.25, 0.3) is 0 Å². The van der Waals surface area contributed by atoms with Gasteiger partial charge in [-0.2, -0.15) is 0 Å². The summed E-state index contributed by atoms with van der Waals surface area (Å²) in [6.45, 7) is 7.66. The highest BCUT2D eigenvalue weighted by Crippen LogP contribution is 2.19. The number of hydrogen-bond donors (Lipinski definition) is 3. The normalized spacial score (nSPS) is 20.9. The van der Waals surface area contributed by atoms with Gasteiger partial charge in [0.15, 0.2) is 0 Å². The standard InChI is InChI=1S/C33H49N5O5/c1-6-26(39)12-8-7-9-15-29-33(43)38(17-16-24-20-34-28-14-11-10-13-27(24)28)21-30(40)35-25(18-22(2)3)19-31(41)37(5)23(4)32(42)36-29/h10-11,13-14,20,22-23,25,29,34H,6-9,12,15-19,21H2,1-5H3,(H,35,40)(H,36,42)/t23-,25-,29-/m0/s1. The quantitative estimate of drug-likeness (QED) is 0.322. The smallest absolute Gasteiger partial charge is 0.245 e. The number of Topliss-reactive ketones (excluding diaryl/α,β-unsaturated/α-hetero) is 1. The minimum absolute atomic E-state index is 0.0707. The molecule has 1 fully saturated rings. The molecule has 1 saturated heterocycles. The molecule has 0 aliphatic carbocycles. The summed E-state index contributed by atoms with van der Waals surface area (Å²) in [6, 6.07) is 5.87. The van der Waals surface area contributed by atoms with Crippen LogP contribution in [0.2, 0.25) is 0 Å². The lowest BCUT2D eigenvalue weighted by Crippen LogP contribution is -2.54. The van der Waals surface area contributed by atoms with Gasteiger partial charge >= 0.3 is 0 Å². The number of likely N-dealkylation sites (N-methyl/N-ethyl adjacent to an activating group) is 1. The molecule has 1 aliphatic rings. The van der Waals surface area contributed by atoms with E-state index in [4.69, 9.17) is 0 Å². The van der Waals surface area contributed by atoms with Gasteiger partial charge in [0.05, 0.1) is 6.54 Å². The lowest BCUT2D eigenvalue weighted by Gasteiger charge is -2.29. The summed E-state index contributed by atoms with van der Waals surface area (Å²) >= 11 is 0. The molecule has 236 valence electrons. The van der Waals surface area contributed by atoms with Crippen molar-refractivity contribution in [2.75, 3.05) is 20.1 Å².